The molecule has 3 nitrogen and oxygen atoms in total. The number of rotatable bonds is 3. The van der Waals surface area contributed by atoms with Gasteiger partial charge in [-0.25, -0.2) is 4.79 Å². The van der Waals surface area contributed by atoms with Crippen LogP contribution in [0.5, 0.6) is 0 Å². The Bertz CT molecular complexity index is 555. The van der Waals surface area contributed by atoms with E-state index in [0.29, 0.717) is 12.2 Å². The highest BCUT2D eigenvalue weighted by molar-refractivity contribution is 5.92. The lowest BCUT2D eigenvalue weighted by Gasteiger charge is -2.05. The molecule has 0 spiro atoms. The number of aromatic amines is 1. The lowest BCUT2D eigenvalue weighted by atomic mass is 10.1. The number of hydrogen-bond donors (Lipinski definition) is 1. The number of hydrogen-bond acceptors (Lipinski definition) is 2. The first-order valence-corrected chi connectivity index (χ1v) is 5.96. The van der Waals surface area contributed by atoms with Crippen LogP contribution in [-0.2, 0) is 11.3 Å². The SMILES string of the molecule is Cc1[nH]c(C)c(C(=O)OCc2ccccc2)c1C. The molecule has 0 saturated carbocycles. The van der Waals surface area contributed by atoms with Gasteiger partial charge < -0.3 is 9.72 Å². The van der Waals surface area contributed by atoms with E-state index in [1.165, 1.54) is 0 Å². The van der Waals surface area contributed by atoms with E-state index in [4.69, 9.17) is 4.74 Å². The van der Waals surface area contributed by atoms with Crippen molar-refractivity contribution in [2.75, 3.05) is 0 Å². The Kier molecular flexibility index (Phi) is 3.51. The highest BCUT2D eigenvalue weighted by Gasteiger charge is 2.17. The summed E-state index contributed by atoms with van der Waals surface area (Å²) in [4.78, 5) is 15.2. The monoisotopic (exact) mass is 243 g/mol. The Morgan fingerprint density at radius 2 is 1.78 bits per heavy atom. The van der Waals surface area contributed by atoms with E-state index < -0.39 is 0 Å². The number of carbonyl (C=O) groups is 1. The number of carbonyl (C=O) groups excluding carboxylic acids is 1. The average Bonchev–Trinajstić information content (AvgIpc) is 2.62. The predicted octanol–water partition coefficient (Wildman–Crippen LogP) is 3.30. The predicted molar refractivity (Wildman–Crippen MR) is 70.6 cm³/mol. The third kappa shape index (κ3) is 2.45. The second kappa shape index (κ2) is 5.08. The maximum absolute atomic E-state index is 12.0. The van der Waals surface area contributed by atoms with E-state index in [1.807, 2.05) is 51.1 Å². The molecule has 0 amide bonds. The summed E-state index contributed by atoms with van der Waals surface area (Å²) >= 11 is 0. The topological polar surface area (TPSA) is 42.1 Å². The van der Waals surface area contributed by atoms with Gasteiger partial charge in [-0.1, -0.05) is 30.3 Å². The first kappa shape index (κ1) is 12.4. The molecular formula is C15H17NO2. The average molecular weight is 243 g/mol. The molecule has 2 rings (SSSR count). The summed E-state index contributed by atoms with van der Waals surface area (Å²) in [6.45, 7) is 6.08. The van der Waals surface area contributed by atoms with Crippen molar-refractivity contribution in [1.82, 2.24) is 4.98 Å². The van der Waals surface area contributed by atoms with Gasteiger partial charge in [-0.15, -0.1) is 0 Å². The molecule has 94 valence electrons. The van der Waals surface area contributed by atoms with Gasteiger partial charge in [-0.2, -0.15) is 0 Å². The summed E-state index contributed by atoms with van der Waals surface area (Å²) in [6, 6.07) is 9.68. The molecule has 0 bridgehead atoms. The first-order chi connectivity index (χ1) is 8.59. The maximum atomic E-state index is 12.0. The van der Waals surface area contributed by atoms with Crippen LogP contribution in [0.15, 0.2) is 30.3 Å². The zero-order valence-corrected chi connectivity index (χ0v) is 10.9. The molecule has 1 heterocycles. The van der Waals surface area contributed by atoms with Gasteiger partial charge in [-0.05, 0) is 31.9 Å². The molecule has 2 aromatic rings. The van der Waals surface area contributed by atoms with Gasteiger partial charge in [-0.3, -0.25) is 0 Å². The minimum absolute atomic E-state index is 0.266. The third-order valence-electron chi connectivity index (χ3n) is 3.10. The van der Waals surface area contributed by atoms with E-state index in [1.54, 1.807) is 0 Å². The molecule has 0 aliphatic carbocycles. The maximum Gasteiger partial charge on any atom is 0.340 e. The number of aryl methyl sites for hydroxylation is 2. The van der Waals surface area contributed by atoms with E-state index in [-0.39, 0.29) is 5.97 Å². The fraction of sp³-hybridized carbons (Fsp3) is 0.267. The van der Waals surface area contributed by atoms with Crippen LogP contribution in [0.4, 0.5) is 0 Å². The summed E-state index contributed by atoms with van der Waals surface area (Å²) in [5, 5.41) is 0. The van der Waals surface area contributed by atoms with Crippen LogP contribution in [0.1, 0.15) is 32.9 Å². The molecule has 18 heavy (non-hydrogen) atoms. The minimum atomic E-state index is -0.266. The fourth-order valence-corrected chi connectivity index (χ4v) is 2.01. The van der Waals surface area contributed by atoms with Crippen molar-refractivity contribution >= 4 is 5.97 Å². The number of esters is 1. The van der Waals surface area contributed by atoms with Crippen LogP contribution in [0.2, 0.25) is 0 Å². The van der Waals surface area contributed by atoms with Gasteiger partial charge in [0.05, 0.1) is 5.56 Å². The lowest BCUT2D eigenvalue weighted by molar-refractivity contribution is 0.0471. The van der Waals surface area contributed by atoms with Gasteiger partial charge in [0.25, 0.3) is 0 Å². The zero-order valence-electron chi connectivity index (χ0n) is 10.9. The Morgan fingerprint density at radius 1 is 1.11 bits per heavy atom. The van der Waals surface area contributed by atoms with Crippen molar-refractivity contribution in [1.29, 1.82) is 0 Å². The van der Waals surface area contributed by atoms with Crippen LogP contribution in [0, 0.1) is 20.8 Å². The summed E-state index contributed by atoms with van der Waals surface area (Å²) in [7, 11) is 0. The number of benzene rings is 1. The highest BCUT2D eigenvalue weighted by Crippen LogP contribution is 2.18. The largest absolute Gasteiger partial charge is 0.457 e. The number of H-pyrrole nitrogens is 1. The normalized spacial score (nSPS) is 10.4. The standard InChI is InChI=1S/C15H17NO2/c1-10-11(2)16-12(3)14(10)15(17)18-9-13-7-5-4-6-8-13/h4-8,16H,9H2,1-3H3. The second-order valence-corrected chi connectivity index (χ2v) is 4.44. The van der Waals surface area contributed by atoms with E-state index in [0.717, 1.165) is 22.5 Å². The minimum Gasteiger partial charge on any atom is -0.457 e. The number of ether oxygens (including phenoxy) is 1. The third-order valence-corrected chi connectivity index (χ3v) is 3.10. The Balaban J connectivity index is 2.09. The fourth-order valence-electron chi connectivity index (χ4n) is 2.01. The first-order valence-electron chi connectivity index (χ1n) is 5.96. The van der Waals surface area contributed by atoms with Gasteiger partial charge in [0.15, 0.2) is 0 Å². The molecule has 0 unspecified atom stereocenters. The quantitative estimate of drug-likeness (QED) is 0.840. The number of aromatic nitrogens is 1. The smallest absolute Gasteiger partial charge is 0.340 e. The van der Waals surface area contributed by atoms with Crippen LogP contribution in [0.25, 0.3) is 0 Å². The number of nitrogens with one attached hydrogen (secondary N) is 1. The van der Waals surface area contributed by atoms with Crippen molar-refractivity contribution in [2.45, 2.75) is 27.4 Å². The molecule has 0 saturated heterocycles. The molecule has 1 N–H and O–H groups in total. The Morgan fingerprint density at radius 3 is 2.33 bits per heavy atom. The molecule has 0 atom stereocenters. The van der Waals surface area contributed by atoms with Crippen LogP contribution in [0.3, 0.4) is 0 Å². The van der Waals surface area contributed by atoms with Gasteiger partial charge >= 0.3 is 5.97 Å². The van der Waals surface area contributed by atoms with E-state index >= 15 is 0 Å². The van der Waals surface area contributed by atoms with Crippen molar-refractivity contribution in [2.24, 2.45) is 0 Å². The molecule has 0 aliphatic rings. The van der Waals surface area contributed by atoms with Crippen molar-refractivity contribution < 1.29 is 9.53 Å². The molecular weight excluding hydrogens is 226 g/mol. The van der Waals surface area contributed by atoms with Gasteiger partial charge in [0, 0.05) is 11.4 Å². The lowest BCUT2D eigenvalue weighted by Crippen LogP contribution is -2.07. The van der Waals surface area contributed by atoms with Gasteiger partial charge in [0.2, 0.25) is 0 Å². The van der Waals surface area contributed by atoms with Gasteiger partial charge in [0.1, 0.15) is 6.61 Å². The molecule has 0 fully saturated rings. The molecule has 1 aromatic carbocycles. The Hall–Kier alpha value is -2.03. The summed E-state index contributed by atoms with van der Waals surface area (Å²) in [5.74, 6) is -0.266. The van der Waals surface area contributed by atoms with Crippen molar-refractivity contribution in [3.63, 3.8) is 0 Å². The van der Waals surface area contributed by atoms with Crippen LogP contribution >= 0.6 is 0 Å². The highest BCUT2D eigenvalue weighted by atomic mass is 16.5. The molecule has 0 radical (unpaired) electrons. The molecule has 3 heteroatoms. The van der Waals surface area contributed by atoms with Crippen LogP contribution < -0.4 is 0 Å². The zero-order chi connectivity index (χ0) is 13.1. The summed E-state index contributed by atoms with van der Waals surface area (Å²) in [5.41, 5.74) is 4.49. The van der Waals surface area contributed by atoms with E-state index in [9.17, 15) is 4.79 Å². The molecule has 0 aliphatic heterocycles. The van der Waals surface area contributed by atoms with Crippen molar-refractivity contribution in [3.8, 4) is 0 Å². The van der Waals surface area contributed by atoms with Crippen molar-refractivity contribution in [3.05, 3.63) is 58.4 Å². The molecule has 1 aromatic heterocycles. The summed E-state index contributed by atoms with van der Waals surface area (Å²) < 4.78 is 5.33. The van der Waals surface area contributed by atoms with E-state index in [2.05, 4.69) is 4.98 Å². The Labute approximate surface area is 107 Å². The second-order valence-electron chi connectivity index (χ2n) is 4.44. The van der Waals surface area contributed by atoms with Crippen LogP contribution in [-0.4, -0.2) is 11.0 Å². The summed E-state index contributed by atoms with van der Waals surface area (Å²) in [6.07, 6.45) is 0.